The number of amides is 1. The Kier molecular flexibility index (Phi) is 3.64. The van der Waals surface area contributed by atoms with Gasteiger partial charge >= 0.3 is 0 Å². The smallest absolute Gasteiger partial charge is 0.281 e. The van der Waals surface area contributed by atoms with Gasteiger partial charge in [-0.3, -0.25) is 9.89 Å². The molecule has 1 amide bonds. The minimum atomic E-state index is -0.241. The van der Waals surface area contributed by atoms with Crippen LogP contribution in [0.2, 0.25) is 0 Å². The van der Waals surface area contributed by atoms with Gasteiger partial charge in [0.05, 0.1) is 6.21 Å². The van der Waals surface area contributed by atoms with Crippen LogP contribution in [0.1, 0.15) is 45.0 Å². The normalized spacial score (nSPS) is 14.4. The molecular formula is C14H16N4OS. The van der Waals surface area contributed by atoms with Crippen molar-refractivity contribution in [2.45, 2.75) is 32.6 Å². The number of carbonyl (C=O) groups excluding carboxylic acids is 1. The second-order valence-corrected chi connectivity index (χ2v) is 5.85. The van der Waals surface area contributed by atoms with Crippen molar-refractivity contribution in [3.05, 3.63) is 38.8 Å². The number of aryl methyl sites for hydroxylation is 2. The van der Waals surface area contributed by atoms with Crippen molar-refractivity contribution in [3.63, 3.8) is 0 Å². The third-order valence-electron chi connectivity index (χ3n) is 3.52. The average Bonchev–Trinajstić information content (AvgIpc) is 3.05. The van der Waals surface area contributed by atoms with Gasteiger partial charge in [-0.15, -0.1) is 11.3 Å². The van der Waals surface area contributed by atoms with Gasteiger partial charge in [0, 0.05) is 16.1 Å². The van der Waals surface area contributed by atoms with Crippen LogP contribution in [-0.4, -0.2) is 22.3 Å². The van der Waals surface area contributed by atoms with Gasteiger partial charge in [0.15, 0.2) is 5.69 Å². The number of nitrogens with one attached hydrogen (secondary N) is 2. The number of H-pyrrole nitrogens is 1. The predicted octanol–water partition coefficient (Wildman–Crippen LogP) is 2.42. The van der Waals surface area contributed by atoms with Gasteiger partial charge in [0.25, 0.3) is 5.91 Å². The highest BCUT2D eigenvalue weighted by molar-refractivity contribution is 7.11. The summed E-state index contributed by atoms with van der Waals surface area (Å²) in [6, 6.07) is 2.03. The van der Waals surface area contributed by atoms with E-state index in [9.17, 15) is 4.79 Å². The van der Waals surface area contributed by atoms with E-state index in [0.717, 1.165) is 47.4 Å². The van der Waals surface area contributed by atoms with Crippen molar-refractivity contribution in [1.82, 2.24) is 15.6 Å². The maximum absolute atomic E-state index is 12.1. The Morgan fingerprint density at radius 2 is 2.35 bits per heavy atom. The number of fused-ring (bicyclic) bond motifs is 1. The molecule has 0 fully saturated rings. The second kappa shape index (κ2) is 5.58. The lowest BCUT2D eigenvalue weighted by atomic mass is 9.96. The molecule has 104 valence electrons. The molecule has 2 aromatic rings. The van der Waals surface area contributed by atoms with E-state index >= 15 is 0 Å². The Hall–Kier alpha value is -1.95. The van der Waals surface area contributed by atoms with Crippen LogP contribution in [0.25, 0.3) is 0 Å². The summed E-state index contributed by atoms with van der Waals surface area (Å²) < 4.78 is 0. The first-order valence-corrected chi connectivity index (χ1v) is 7.57. The van der Waals surface area contributed by atoms with Crippen molar-refractivity contribution >= 4 is 23.5 Å². The van der Waals surface area contributed by atoms with E-state index in [2.05, 4.69) is 20.7 Å². The standard InChI is InChI=1S/C14H16N4OS/c1-9-6-7-20-12(9)8-15-18-14(19)13-10-4-2-3-5-11(10)16-17-13/h6-8H,2-5H2,1H3,(H,16,17)(H,18,19)/b15-8+. The summed E-state index contributed by atoms with van der Waals surface area (Å²) in [5, 5.41) is 13.1. The maximum Gasteiger partial charge on any atom is 0.292 e. The fourth-order valence-corrected chi connectivity index (χ4v) is 3.17. The topological polar surface area (TPSA) is 70.1 Å². The lowest BCUT2D eigenvalue weighted by molar-refractivity contribution is 0.0949. The van der Waals surface area contributed by atoms with Crippen molar-refractivity contribution in [2.24, 2.45) is 5.10 Å². The Labute approximate surface area is 121 Å². The van der Waals surface area contributed by atoms with Crippen molar-refractivity contribution < 1.29 is 4.79 Å². The third kappa shape index (κ3) is 2.51. The number of aromatic nitrogens is 2. The molecule has 0 aliphatic heterocycles. The van der Waals surface area contributed by atoms with Gasteiger partial charge in [0.1, 0.15) is 0 Å². The Bertz CT molecular complexity index is 656. The largest absolute Gasteiger partial charge is 0.292 e. The first kappa shape index (κ1) is 13.1. The summed E-state index contributed by atoms with van der Waals surface area (Å²) in [6.07, 6.45) is 5.85. The van der Waals surface area contributed by atoms with Crippen LogP contribution < -0.4 is 5.43 Å². The van der Waals surface area contributed by atoms with E-state index in [0.29, 0.717) is 5.69 Å². The Morgan fingerprint density at radius 3 is 3.15 bits per heavy atom. The zero-order valence-electron chi connectivity index (χ0n) is 11.3. The number of hydrogen-bond donors (Lipinski definition) is 2. The molecular weight excluding hydrogens is 272 g/mol. The molecule has 3 rings (SSSR count). The summed E-state index contributed by atoms with van der Waals surface area (Å²) in [7, 11) is 0. The van der Waals surface area contributed by atoms with Crippen LogP contribution in [0, 0.1) is 6.92 Å². The molecule has 0 bridgehead atoms. The monoisotopic (exact) mass is 288 g/mol. The molecule has 20 heavy (non-hydrogen) atoms. The van der Waals surface area contributed by atoms with Crippen LogP contribution in [0.3, 0.4) is 0 Å². The average molecular weight is 288 g/mol. The summed E-state index contributed by atoms with van der Waals surface area (Å²) in [5.41, 5.74) is 6.35. The molecule has 0 unspecified atom stereocenters. The number of hydrazone groups is 1. The first-order chi connectivity index (χ1) is 9.75. The number of hydrogen-bond acceptors (Lipinski definition) is 4. The molecule has 0 atom stereocenters. The number of aromatic amines is 1. The summed E-state index contributed by atoms with van der Waals surface area (Å²) >= 11 is 1.60. The summed E-state index contributed by atoms with van der Waals surface area (Å²) in [4.78, 5) is 13.1. The van der Waals surface area contributed by atoms with E-state index in [1.807, 2.05) is 18.4 Å². The molecule has 0 spiro atoms. The van der Waals surface area contributed by atoms with Crippen LogP contribution in [-0.2, 0) is 12.8 Å². The highest BCUT2D eigenvalue weighted by atomic mass is 32.1. The van der Waals surface area contributed by atoms with Gasteiger partial charge in [-0.2, -0.15) is 10.2 Å². The Morgan fingerprint density at radius 1 is 1.50 bits per heavy atom. The zero-order chi connectivity index (χ0) is 13.9. The summed E-state index contributed by atoms with van der Waals surface area (Å²) in [5.74, 6) is -0.241. The fourth-order valence-electron chi connectivity index (χ4n) is 2.39. The van der Waals surface area contributed by atoms with E-state index < -0.39 is 0 Å². The van der Waals surface area contributed by atoms with Crippen molar-refractivity contribution in [1.29, 1.82) is 0 Å². The first-order valence-electron chi connectivity index (χ1n) is 6.69. The molecule has 0 saturated carbocycles. The van der Waals surface area contributed by atoms with E-state index in [1.165, 1.54) is 0 Å². The van der Waals surface area contributed by atoms with Crippen LogP contribution in [0.15, 0.2) is 16.5 Å². The van der Waals surface area contributed by atoms with Gasteiger partial charge in [-0.1, -0.05) is 0 Å². The van der Waals surface area contributed by atoms with Gasteiger partial charge < -0.3 is 0 Å². The molecule has 2 N–H and O–H groups in total. The molecule has 2 aromatic heterocycles. The fraction of sp³-hybridized carbons (Fsp3) is 0.357. The highest BCUT2D eigenvalue weighted by Crippen LogP contribution is 2.21. The minimum Gasteiger partial charge on any atom is -0.281 e. The quantitative estimate of drug-likeness (QED) is 0.672. The number of thiophene rings is 1. The number of rotatable bonds is 3. The molecule has 0 aromatic carbocycles. The zero-order valence-corrected chi connectivity index (χ0v) is 12.1. The summed E-state index contributed by atoms with van der Waals surface area (Å²) in [6.45, 7) is 2.02. The molecule has 0 saturated heterocycles. The number of nitrogens with zero attached hydrogens (tertiary/aromatic N) is 2. The number of carbonyl (C=O) groups is 1. The maximum atomic E-state index is 12.1. The van der Waals surface area contributed by atoms with Gasteiger partial charge in [0.2, 0.25) is 0 Å². The lowest BCUT2D eigenvalue weighted by Gasteiger charge is -2.10. The van der Waals surface area contributed by atoms with Crippen molar-refractivity contribution in [2.75, 3.05) is 0 Å². The molecule has 1 aliphatic rings. The molecule has 1 aliphatic carbocycles. The van der Waals surface area contributed by atoms with Gasteiger partial charge in [-0.05, 0) is 49.6 Å². The SMILES string of the molecule is Cc1ccsc1/C=N/NC(=O)c1n[nH]c2c1CCCC2. The van der Waals surface area contributed by atoms with Crippen LogP contribution in [0.4, 0.5) is 0 Å². The molecule has 5 nitrogen and oxygen atoms in total. The molecule has 2 heterocycles. The molecule has 0 radical (unpaired) electrons. The van der Waals surface area contributed by atoms with Crippen LogP contribution in [0.5, 0.6) is 0 Å². The lowest BCUT2D eigenvalue weighted by Crippen LogP contribution is -2.20. The van der Waals surface area contributed by atoms with Crippen LogP contribution >= 0.6 is 11.3 Å². The predicted molar refractivity (Wildman–Crippen MR) is 79.3 cm³/mol. The van der Waals surface area contributed by atoms with Gasteiger partial charge in [-0.25, -0.2) is 5.43 Å². The molecule has 6 heteroatoms. The second-order valence-electron chi connectivity index (χ2n) is 4.90. The van der Waals surface area contributed by atoms with E-state index in [1.54, 1.807) is 17.6 Å². The van der Waals surface area contributed by atoms with E-state index in [-0.39, 0.29) is 5.91 Å². The third-order valence-corrected chi connectivity index (χ3v) is 4.47. The minimum absolute atomic E-state index is 0.241. The highest BCUT2D eigenvalue weighted by Gasteiger charge is 2.21. The van der Waals surface area contributed by atoms with E-state index in [4.69, 9.17) is 0 Å². The van der Waals surface area contributed by atoms with Crippen molar-refractivity contribution in [3.8, 4) is 0 Å². The Balaban J connectivity index is 1.69.